The molecule has 0 aliphatic heterocycles. The van der Waals surface area contributed by atoms with Crippen molar-refractivity contribution in [2.75, 3.05) is 6.54 Å². The van der Waals surface area contributed by atoms with Crippen LogP contribution in [0.5, 0.6) is 0 Å². The van der Waals surface area contributed by atoms with Gasteiger partial charge in [0, 0.05) is 6.54 Å². The SMILES string of the molecule is O=C(O)C1(C(=O)NCCc2cccc(F)c2)CC1. The van der Waals surface area contributed by atoms with Gasteiger partial charge in [-0.1, -0.05) is 12.1 Å². The van der Waals surface area contributed by atoms with E-state index < -0.39 is 17.3 Å². The Labute approximate surface area is 104 Å². The normalized spacial score (nSPS) is 16.1. The van der Waals surface area contributed by atoms with Crippen molar-refractivity contribution in [1.82, 2.24) is 5.32 Å². The number of halogens is 1. The standard InChI is InChI=1S/C13H14FNO3/c14-10-3-1-2-9(8-10)4-7-15-11(16)13(5-6-13)12(17)18/h1-3,8H,4-7H2,(H,15,16)(H,17,18). The van der Waals surface area contributed by atoms with Gasteiger partial charge >= 0.3 is 5.97 Å². The highest BCUT2D eigenvalue weighted by Gasteiger charge is 2.56. The van der Waals surface area contributed by atoms with Crippen molar-refractivity contribution in [3.05, 3.63) is 35.6 Å². The Morgan fingerprint density at radius 1 is 1.39 bits per heavy atom. The van der Waals surface area contributed by atoms with Gasteiger partial charge in [0.2, 0.25) is 5.91 Å². The fourth-order valence-corrected chi connectivity index (χ4v) is 1.85. The Kier molecular flexibility index (Phi) is 3.32. The minimum Gasteiger partial charge on any atom is -0.480 e. The third-order valence-electron chi connectivity index (χ3n) is 3.18. The summed E-state index contributed by atoms with van der Waals surface area (Å²) in [7, 11) is 0. The Hall–Kier alpha value is -1.91. The molecule has 0 saturated heterocycles. The summed E-state index contributed by atoms with van der Waals surface area (Å²) in [6.07, 6.45) is 1.28. The predicted molar refractivity (Wildman–Crippen MR) is 62.4 cm³/mol. The maximum Gasteiger partial charge on any atom is 0.319 e. The van der Waals surface area contributed by atoms with Gasteiger partial charge < -0.3 is 10.4 Å². The molecule has 1 aliphatic rings. The quantitative estimate of drug-likeness (QED) is 0.776. The zero-order chi connectivity index (χ0) is 13.2. The van der Waals surface area contributed by atoms with Crippen LogP contribution >= 0.6 is 0 Å². The largest absolute Gasteiger partial charge is 0.480 e. The molecule has 1 aromatic rings. The number of aliphatic carboxylic acids is 1. The topological polar surface area (TPSA) is 66.4 Å². The van der Waals surface area contributed by atoms with Crippen molar-refractivity contribution in [2.24, 2.45) is 5.41 Å². The van der Waals surface area contributed by atoms with E-state index in [1.165, 1.54) is 12.1 Å². The van der Waals surface area contributed by atoms with Crippen LogP contribution in [0.3, 0.4) is 0 Å². The minimum absolute atomic E-state index is 0.317. The van der Waals surface area contributed by atoms with Crippen LogP contribution in [-0.2, 0) is 16.0 Å². The molecule has 4 nitrogen and oxygen atoms in total. The summed E-state index contributed by atoms with van der Waals surface area (Å²) < 4.78 is 12.9. The van der Waals surface area contributed by atoms with Gasteiger partial charge in [-0.3, -0.25) is 9.59 Å². The molecule has 2 rings (SSSR count). The lowest BCUT2D eigenvalue weighted by Crippen LogP contribution is -2.37. The molecule has 0 heterocycles. The molecule has 2 N–H and O–H groups in total. The van der Waals surface area contributed by atoms with E-state index in [2.05, 4.69) is 5.32 Å². The van der Waals surface area contributed by atoms with Crippen molar-refractivity contribution in [3.8, 4) is 0 Å². The molecule has 1 aromatic carbocycles. The molecule has 1 aliphatic carbocycles. The van der Waals surface area contributed by atoms with E-state index in [-0.39, 0.29) is 5.82 Å². The van der Waals surface area contributed by atoms with Crippen LogP contribution in [0.1, 0.15) is 18.4 Å². The molecule has 0 unspecified atom stereocenters. The summed E-state index contributed by atoms with van der Waals surface area (Å²) in [5.41, 5.74) is -0.433. The number of hydrogen-bond acceptors (Lipinski definition) is 2. The number of benzene rings is 1. The van der Waals surface area contributed by atoms with Crippen LogP contribution < -0.4 is 5.32 Å². The zero-order valence-electron chi connectivity index (χ0n) is 9.78. The van der Waals surface area contributed by atoms with Gasteiger partial charge in [-0.15, -0.1) is 0 Å². The van der Waals surface area contributed by atoms with E-state index in [1.54, 1.807) is 12.1 Å². The van der Waals surface area contributed by atoms with Crippen molar-refractivity contribution >= 4 is 11.9 Å². The van der Waals surface area contributed by atoms with Gasteiger partial charge in [-0.05, 0) is 37.0 Å². The average molecular weight is 251 g/mol. The number of nitrogens with one attached hydrogen (secondary N) is 1. The summed E-state index contributed by atoms with van der Waals surface area (Å²) in [5, 5.41) is 11.5. The van der Waals surface area contributed by atoms with Crippen molar-refractivity contribution < 1.29 is 19.1 Å². The first-order valence-electron chi connectivity index (χ1n) is 5.81. The lowest BCUT2D eigenvalue weighted by molar-refractivity contribution is -0.149. The number of hydrogen-bond donors (Lipinski definition) is 2. The minimum atomic E-state index is -1.21. The first-order chi connectivity index (χ1) is 8.54. The fraction of sp³-hybridized carbons (Fsp3) is 0.385. The monoisotopic (exact) mass is 251 g/mol. The number of carboxylic acid groups (broad SMARTS) is 1. The molecule has 0 radical (unpaired) electrons. The van der Waals surface area contributed by atoms with Crippen LogP contribution in [0.2, 0.25) is 0 Å². The van der Waals surface area contributed by atoms with Gasteiger partial charge in [0.05, 0.1) is 0 Å². The second-order valence-corrected chi connectivity index (χ2v) is 4.52. The van der Waals surface area contributed by atoms with Crippen LogP contribution in [0, 0.1) is 11.2 Å². The van der Waals surface area contributed by atoms with Crippen molar-refractivity contribution in [2.45, 2.75) is 19.3 Å². The van der Waals surface area contributed by atoms with Gasteiger partial charge in [-0.25, -0.2) is 4.39 Å². The van der Waals surface area contributed by atoms with E-state index >= 15 is 0 Å². The maximum absolute atomic E-state index is 12.9. The lowest BCUT2D eigenvalue weighted by atomic mass is 10.1. The van der Waals surface area contributed by atoms with Gasteiger partial charge in [0.15, 0.2) is 0 Å². The molecule has 96 valence electrons. The number of amides is 1. The summed E-state index contributed by atoms with van der Waals surface area (Å²) in [6.45, 7) is 0.317. The summed E-state index contributed by atoms with van der Waals surface area (Å²) in [6, 6.07) is 6.12. The van der Waals surface area contributed by atoms with E-state index in [1.807, 2.05) is 0 Å². The Morgan fingerprint density at radius 3 is 2.67 bits per heavy atom. The molecule has 1 amide bonds. The van der Waals surface area contributed by atoms with Gasteiger partial charge in [0.25, 0.3) is 0 Å². The number of carbonyl (C=O) groups excluding carboxylic acids is 1. The van der Waals surface area contributed by atoms with Gasteiger partial charge in [0.1, 0.15) is 11.2 Å². The highest BCUT2D eigenvalue weighted by Crippen LogP contribution is 2.45. The molecular weight excluding hydrogens is 237 g/mol. The van der Waals surface area contributed by atoms with Crippen LogP contribution in [0.25, 0.3) is 0 Å². The first kappa shape index (κ1) is 12.5. The molecule has 5 heteroatoms. The van der Waals surface area contributed by atoms with E-state index in [4.69, 9.17) is 5.11 Å². The van der Waals surface area contributed by atoms with E-state index in [0.717, 1.165) is 5.56 Å². The smallest absolute Gasteiger partial charge is 0.319 e. The summed E-state index contributed by atoms with van der Waals surface area (Å²) >= 11 is 0. The summed E-state index contributed by atoms with van der Waals surface area (Å²) in [5.74, 6) is -1.82. The highest BCUT2D eigenvalue weighted by molar-refractivity contribution is 6.04. The highest BCUT2D eigenvalue weighted by atomic mass is 19.1. The van der Waals surface area contributed by atoms with Crippen LogP contribution in [-0.4, -0.2) is 23.5 Å². The molecule has 0 aromatic heterocycles. The molecule has 1 fully saturated rings. The number of carboxylic acids is 1. The molecule has 0 atom stereocenters. The van der Waals surface area contributed by atoms with E-state index in [9.17, 15) is 14.0 Å². The van der Waals surface area contributed by atoms with Crippen LogP contribution in [0.4, 0.5) is 4.39 Å². The maximum atomic E-state index is 12.9. The predicted octanol–water partition coefficient (Wildman–Crippen LogP) is 1.35. The Balaban J connectivity index is 1.83. The molecule has 18 heavy (non-hydrogen) atoms. The van der Waals surface area contributed by atoms with Crippen molar-refractivity contribution in [3.63, 3.8) is 0 Å². The van der Waals surface area contributed by atoms with Gasteiger partial charge in [-0.2, -0.15) is 0 Å². The zero-order valence-corrected chi connectivity index (χ0v) is 9.78. The summed E-state index contributed by atoms with van der Waals surface area (Å²) in [4.78, 5) is 22.6. The second kappa shape index (κ2) is 4.76. The molecule has 0 spiro atoms. The molecule has 1 saturated carbocycles. The third-order valence-corrected chi connectivity index (χ3v) is 3.18. The lowest BCUT2D eigenvalue weighted by Gasteiger charge is -2.10. The number of carbonyl (C=O) groups is 2. The van der Waals surface area contributed by atoms with E-state index in [0.29, 0.717) is 25.8 Å². The van der Waals surface area contributed by atoms with Crippen LogP contribution in [0.15, 0.2) is 24.3 Å². The Bertz CT molecular complexity index is 483. The third kappa shape index (κ3) is 2.50. The van der Waals surface area contributed by atoms with Crippen molar-refractivity contribution in [1.29, 1.82) is 0 Å². The second-order valence-electron chi connectivity index (χ2n) is 4.52. The molecule has 0 bridgehead atoms. The molecular formula is C13H14FNO3. The average Bonchev–Trinajstić information content (AvgIpc) is 3.10. The first-order valence-corrected chi connectivity index (χ1v) is 5.81. The number of rotatable bonds is 5. The fourth-order valence-electron chi connectivity index (χ4n) is 1.85. The Morgan fingerprint density at radius 2 is 2.11 bits per heavy atom.